The Morgan fingerprint density at radius 1 is 1.10 bits per heavy atom. The van der Waals surface area contributed by atoms with E-state index in [9.17, 15) is 4.79 Å². The molecule has 0 saturated carbocycles. The SMILES string of the molecule is C[C@@H]1CN(c2cccc3c2OC[C@H]3Nc2ccc3c(c2)OC[C@H]3CC(=O)O)C[C@H](C)O1. The molecule has 5 rings (SSSR count). The van der Waals surface area contributed by atoms with Crippen LogP contribution >= 0.6 is 0 Å². The van der Waals surface area contributed by atoms with Gasteiger partial charge in [-0.15, -0.1) is 0 Å². The van der Waals surface area contributed by atoms with E-state index in [2.05, 4.69) is 42.3 Å². The first-order valence-electron chi connectivity index (χ1n) is 10.9. The van der Waals surface area contributed by atoms with E-state index in [4.69, 9.17) is 19.3 Å². The molecule has 2 N–H and O–H groups in total. The van der Waals surface area contributed by atoms with Crippen LogP contribution in [0, 0.1) is 0 Å². The molecule has 0 bridgehead atoms. The van der Waals surface area contributed by atoms with Crippen LogP contribution in [0.4, 0.5) is 11.4 Å². The van der Waals surface area contributed by atoms with E-state index in [-0.39, 0.29) is 30.6 Å². The first-order valence-corrected chi connectivity index (χ1v) is 10.9. The fourth-order valence-corrected chi connectivity index (χ4v) is 4.92. The highest BCUT2D eigenvalue weighted by Gasteiger charge is 2.32. The van der Waals surface area contributed by atoms with Crippen LogP contribution in [0.1, 0.15) is 43.4 Å². The molecule has 7 heteroatoms. The van der Waals surface area contributed by atoms with Gasteiger partial charge in [0, 0.05) is 41.9 Å². The van der Waals surface area contributed by atoms with Gasteiger partial charge in [-0.3, -0.25) is 4.79 Å². The highest BCUT2D eigenvalue weighted by atomic mass is 16.5. The summed E-state index contributed by atoms with van der Waals surface area (Å²) < 4.78 is 17.8. The molecular formula is C24H28N2O5. The average Bonchev–Trinajstić information content (AvgIpc) is 3.31. The Hall–Kier alpha value is -2.93. The monoisotopic (exact) mass is 424 g/mol. The van der Waals surface area contributed by atoms with Crippen molar-refractivity contribution >= 4 is 17.3 Å². The number of fused-ring (bicyclic) bond motifs is 2. The number of ether oxygens (including phenoxy) is 3. The molecule has 4 atom stereocenters. The van der Waals surface area contributed by atoms with E-state index in [1.54, 1.807) is 0 Å². The molecule has 31 heavy (non-hydrogen) atoms. The molecule has 2 aromatic carbocycles. The molecule has 7 nitrogen and oxygen atoms in total. The minimum atomic E-state index is -0.803. The van der Waals surface area contributed by atoms with Crippen molar-refractivity contribution in [3.05, 3.63) is 47.5 Å². The number of nitrogens with one attached hydrogen (secondary N) is 1. The average molecular weight is 424 g/mol. The number of benzene rings is 2. The van der Waals surface area contributed by atoms with Crippen LogP contribution in [0.15, 0.2) is 36.4 Å². The predicted octanol–water partition coefficient (Wildman–Crippen LogP) is 3.80. The first kappa shape index (κ1) is 20.0. The summed E-state index contributed by atoms with van der Waals surface area (Å²) in [7, 11) is 0. The van der Waals surface area contributed by atoms with E-state index in [1.807, 2.05) is 18.2 Å². The summed E-state index contributed by atoms with van der Waals surface area (Å²) in [5.41, 5.74) is 4.18. The number of para-hydroxylation sites is 1. The lowest BCUT2D eigenvalue weighted by atomic mass is 9.97. The molecule has 0 unspecified atom stereocenters. The Bertz CT molecular complexity index is 984. The number of anilines is 2. The molecule has 0 spiro atoms. The van der Waals surface area contributed by atoms with Crippen LogP contribution in [0.5, 0.6) is 11.5 Å². The van der Waals surface area contributed by atoms with Crippen LogP contribution in [-0.2, 0) is 9.53 Å². The molecule has 3 heterocycles. The Balaban J connectivity index is 1.34. The van der Waals surface area contributed by atoms with Gasteiger partial charge in [-0.25, -0.2) is 0 Å². The summed E-state index contributed by atoms with van der Waals surface area (Å²) in [5, 5.41) is 12.7. The number of carboxylic acids is 1. The lowest BCUT2D eigenvalue weighted by molar-refractivity contribution is -0.137. The second kappa shape index (κ2) is 7.96. The van der Waals surface area contributed by atoms with Crippen molar-refractivity contribution < 1.29 is 24.1 Å². The van der Waals surface area contributed by atoms with Crippen LogP contribution < -0.4 is 19.7 Å². The molecule has 1 saturated heterocycles. The molecule has 164 valence electrons. The molecule has 0 aromatic heterocycles. The van der Waals surface area contributed by atoms with Gasteiger partial charge in [0.1, 0.15) is 18.1 Å². The lowest BCUT2D eigenvalue weighted by Gasteiger charge is -2.37. The van der Waals surface area contributed by atoms with Crippen molar-refractivity contribution in [2.75, 3.05) is 36.5 Å². The highest BCUT2D eigenvalue weighted by molar-refractivity contribution is 5.69. The topological polar surface area (TPSA) is 80.3 Å². The molecule has 2 aromatic rings. The second-order valence-corrected chi connectivity index (χ2v) is 8.72. The quantitative estimate of drug-likeness (QED) is 0.756. The number of rotatable bonds is 5. The number of aliphatic carboxylic acids is 1. The molecule has 0 radical (unpaired) electrons. The zero-order chi connectivity index (χ0) is 21.5. The van der Waals surface area contributed by atoms with Crippen molar-refractivity contribution in [1.29, 1.82) is 0 Å². The fraction of sp³-hybridized carbons (Fsp3) is 0.458. The number of carbonyl (C=O) groups is 1. The number of carboxylic acid groups (broad SMARTS) is 1. The highest BCUT2D eigenvalue weighted by Crippen LogP contribution is 2.43. The Labute approximate surface area is 181 Å². The van der Waals surface area contributed by atoms with Gasteiger partial charge >= 0.3 is 5.97 Å². The maximum atomic E-state index is 11.1. The lowest BCUT2D eigenvalue weighted by Crippen LogP contribution is -2.45. The molecular weight excluding hydrogens is 396 g/mol. The molecule has 3 aliphatic heterocycles. The van der Waals surface area contributed by atoms with Gasteiger partial charge in [0.2, 0.25) is 0 Å². The van der Waals surface area contributed by atoms with Gasteiger partial charge in [-0.05, 0) is 26.0 Å². The molecule has 0 amide bonds. The zero-order valence-corrected chi connectivity index (χ0v) is 17.8. The third-order valence-electron chi connectivity index (χ3n) is 6.21. The van der Waals surface area contributed by atoms with Crippen molar-refractivity contribution in [3.63, 3.8) is 0 Å². The first-order chi connectivity index (χ1) is 15.0. The summed E-state index contributed by atoms with van der Waals surface area (Å²) in [6, 6.07) is 12.3. The van der Waals surface area contributed by atoms with E-state index in [0.717, 1.165) is 47.1 Å². The van der Waals surface area contributed by atoms with Gasteiger partial charge < -0.3 is 29.5 Å². The standard InChI is InChI=1S/C24H28N2O5/c1-14-10-26(11-15(2)31-14)21-5-3-4-19-20(13-30-24(19)21)25-17-6-7-18-16(8-23(27)28)12-29-22(18)9-17/h3-7,9,14-16,20,25H,8,10-13H2,1-2H3,(H,27,28)/t14-,15+,16-,20-/m1/s1. The summed E-state index contributed by atoms with van der Waals surface area (Å²) in [6.07, 6.45) is 0.461. The van der Waals surface area contributed by atoms with E-state index < -0.39 is 5.97 Å². The number of nitrogens with zero attached hydrogens (tertiary/aromatic N) is 1. The number of morpholine rings is 1. The summed E-state index contributed by atoms with van der Waals surface area (Å²) in [5.74, 6) is 0.821. The van der Waals surface area contributed by atoms with Gasteiger partial charge in [0.25, 0.3) is 0 Å². The third kappa shape index (κ3) is 3.90. The van der Waals surface area contributed by atoms with Crippen molar-refractivity contribution in [2.24, 2.45) is 0 Å². The largest absolute Gasteiger partial charge is 0.493 e. The Morgan fingerprint density at radius 3 is 2.68 bits per heavy atom. The van der Waals surface area contributed by atoms with E-state index >= 15 is 0 Å². The molecule has 3 aliphatic rings. The number of hydrogen-bond donors (Lipinski definition) is 2. The Kier molecular flexibility index (Phi) is 5.14. The minimum absolute atomic E-state index is 0.0418. The fourth-order valence-electron chi connectivity index (χ4n) is 4.92. The normalized spacial score (nSPS) is 26.6. The molecule has 1 fully saturated rings. The van der Waals surface area contributed by atoms with Crippen LogP contribution in [-0.4, -0.2) is 49.6 Å². The molecule has 0 aliphatic carbocycles. The maximum absolute atomic E-state index is 11.1. The van der Waals surface area contributed by atoms with Crippen LogP contribution in [0.25, 0.3) is 0 Å². The van der Waals surface area contributed by atoms with Gasteiger partial charge in [0.05, 0.1) is 37.0 Å². The Morgan fingerprint density at radius 2 is 1.90 bits per heavy atom. The third-order valence-corrected chi connectivity index (χ3v) is 6.21. The van der Waals surface area contributed by atoms with Crippen molar-refractivity contribution in [1.82, 2.24) is 0 Å². The summed E-state index contributed by atoms with van der Waals surface area (Å²) in [4.78, 5) is 13.4. The summed E-state index contributed by atoms with van der Waals surface area (Å²) >= 11 is 0. The predicted molar refractivity (Wildman–Crippen MR) is 117 cm³/mol. The van der Waals surface area contributed by atoms with Gasteiger partial charge in [-0.1, -0.05) is 18.2 Å². The van der Waals surface area contributed by atoms with Crippen LogP contribution in [0.3, 0.4) is 0 Å². The zero-order valence-electron chi connectivity index (χ0n) is 17.8. The summed E-state index contributed by atoms with van der Waals surface area (Å²) in [6.45, 7) is 6.88. The minimum Gasteiger partial charge on any atom is -0.493 e. The van der Waals surface area contributed by atoms with Gasteiger partial charge in [-0.2, -0.15) is 0 Å². The van der Waals surface area contributed by atoms with Crippen LogP contribution in [0.2, 0.25) is 0 Å². The second-order valence-electron chi connectivity index (χ2n) is 8.72. The number of hydrogen-bond acceptors (Lipinski definition) is 6. The van der Waals surface area contributed by atoms with Crippen molar-refractivity contribution in [3.8, 4) is 11.5 Å². The smallest absolute Gasteiger partial charge is 0.304 e. The van der Waals surface area contributed by atoms with Crippen molar-refractivity contribution in [2.45, 2.75) is 44.4 Å². The maximum Gasteiger partial charge on any atom is 0.304 e. The van der Waals surface area contributed by atoms with E-state index in [1.165, 1.54) is 0 Å². The van der Waals surface area contributed by atoms with Gasteiger partial charge in [0.15, 0.2) is 0 Å². The van der Waals surface area contributed by atoms with E-state index in [0.29, 0.717) is 13.2 Å².